The maximum atomic E-state index is 12.6. The molecule has 0 aliphatic heterocycles. The predicted octanol–water partition coefficient (Wildman–Crippen LogP) is 2.78. The molecule has 0 aromatic rings. The molecular weight excluding hydrogens is 860 g/mol. The van der Waals surface area contributed by atoms with Gasteiger partial charge in [0.1, 0.15) is 0 Å². The van der Waals surface area contributed by atoms with Crippen LogP contribution in [0, 0.1) is 39.9 Å². The molecule has 1 radical (unpaired) electrons. The third kappa shape index (κ3) is 40.7. The summed E-state index contributed by atoms with van der Waals surface area (Å²) in [5, 5.41) is 40.0. The number of amides is 2. The second-order valence-corrected chi connectivity index (χ2v) is 15.3. The summed E-state index contributed by atoms with van der Waals surface area (Å²) >= 11 is 0. The van der Waals surface area contributed by atoms with E-state index in [1.165, 1.54) is 130 Å². The Morgan fingerprint density at radius 1 is 0.357 bits per heavy atom. The molecule has 0 atom stereocenters. The molecule has 0 aromatic heterocycles. The van der Waals surface area contributed by atoms with Crippen LogP contribution in [0.1, 0.15) is 168 Å². The molecule has 2 amide bonds. The second-order valence-electron chi connectivity index (χ2n) is 15.3. The van der Waals surface area contributed by atoms with E-state index in [1.807, 2.05) is 0 Å². The maximum absolute atomic E-state index is 12.6. The topological polar surface area (TPSA) is 188 Å². The minimum atomic E-state index is -1.37. The van der Waals surface area contributed by atoms with Crippen molar-refractivity contribution in [2.24, 2.45) is 0 Å². The quantitative estimate of drug-likeness (QED) is 0.0858. The normalized spacial score (nSPS) is 11.2. The van der Waals surface area contributed by atoms with Crippen molar-refractivity contribution in [3.05, 3.63) is 0 Å². The van der Waals surface area contributed by atoms with Crippen LogP contribution < -0.4 is 26.0 Å². The molecular formula is C42H78GdN5O8. The number of aliphatic carboxylic acids is 3. The van der Waals surface area contributed by atoms with Crippen LogP contribution in [0.4, 0.5) is 0 Å². The fraction of sp³-hybridized carbons (Fsp3) is 0.881. The number of carbonyl (C=O) groups is 5. The Morgan fingerprint density at radius 3 is 0.857 bits per heavy atom. The Morgan fingerprint density at radius 2 is 0.589 bits per heavy atom. The monoisotopic (exact) mass is 939 g/mol. The van der Waals surface area contributed by atoms with E-state index in [0.29, 0.717) is 13.1 Å². The number of carboxylic acid groups (broad SMARTS) is 3. The first kappa shape index (κ1) is 56.7. The molecule has 0 saturated carbocycles. The van der Waals surface area contributed by atoms with E-state index in [-0.39, 0.29) is 91.0 Å². The minimum absolute atomic E-state index is 0. The van der Waals surface area contributed by atoms with Crippen LogP contribution in [0.5, 0.6) is 0 Å². The van der Waals surface area contributed by atoms with Gasteiger partial charge < -0.3 is 40.3 Å². The summed E-state index contributed by atoms with van der Waals surface area (Å²) in [7, 11) is 0. The molecule has 0 heterocycles. The zero-order chi connectivity index (χ0) is 40.8. The van der Waals surface area contributed by atoms with Crippen molar-refractivity contribution in [3.63, 3.8) is 0 Å². The first-order valence-electron chi connectivity index (χ1n) is 21.9. The summed E-state index contributed by atoms with van der Waals surface area (Å²) < 4.78 is 0. The van der Waals surface area contributed by atoms with E-state index in [1.54, 1.807) is 0 Å². The first-order chi connectivity index (χ1) is 26.6. The van der Waals surface area contributed by atoms with Gasteiger partial charge in [0.15, 0.2) is 0 Å². The number of nitrogens with zero attached hydrogens (tertiary/aromatic N) is 3. The van der Waals surface area contributed by atoms with Crippen LogP contribution in [0.2, 0.25) is 0 Å². The van der Waals surface area contributed by atoms with Gasteiger partial charge in [-0.25, -0.2) is 0 Å². The number of rotatable bonds is 42. The summed E-state index contributed by atoms with van der Waals surface area (Å²) in [6.45, 7) is 3.77. The Balaban J connectivity index is 0. The fourth-order valence-electron chi connectivity index (χ4n) is 6.72. The van der Waals surface area contributed by atoms with E-state index in [0.717, 1.165) is 38.5 Å². The van der Waals surface area contributed by atoms with E-state index in [9.17, 15) is 39.3 Å². The van der Waals surface area contributed by atoms with Crippen LogP contribution in [0.25, 0.3) is 0 Å². The number of carbonyl (C=O) groups excluding carboxylic acids is 5. The molecule has 0 spiro atoms. The van der Waals surface area contributed by atoms with Gasteiger partial charge in [-0.05, 0) is 12.8 Å². The van der Waals surface area contributed by atoms with E-state index < -0.39 is 37.5 Å². The largest absolute Gasteiger partial charge is 3.00 e. The summed E-state index contributed by atoms with van der Waals surface area (Å²) in [5.74, 6) is -4.75. The van der Waals surface area contributed by atoms with Crippen molar-refractivity contribution in [1.82, 2.24) is 25.3 Å². The SMILES string of the molecule is CCCCCCCCCCCCCCNC(=O)CN(CCN(CCN(CC(=O)[O-])CC(=O)NCCCCCCCCCCCCCC)CC(=O)[O-])CC(=O)[O-].[Gd+3]. The van der Waals surface area contributed by atoms with Crippen LogP contribution in [0.15, 0.2) is 0 Å². The van der Waals surface area contributed by atoms with Gasteiger partial charge in [-0.2, -0.15) is 0 Å². The Kier molecular flexibility index (Phi) is 42.2. The van der Waals surface area contributed by atoms with Crippen molar-refractivity contribution in [1.29, 1.82) is 0 Å². The number of hydrogen-bond donors (Lipinski definition) is 2. The van der Waals surface area contributed by atoms with Gasteiger partial charge in [-0.15, -0.1) is 0 Å². The molecule has 0 bridgehead atoms. The van der Waals surface area contributed by atoms with E-state index in [2.05, 4.69) is 24.5 Å². The van der Waals surface area contributed by atoms with E-state index >= 15 is 0 Å². The van der Waals surface area contributed by atoms with Crippen molar-refractivity contribution >= 4 is 29.7 Å². The van der Waals surface area contributed by atoms with Crippen molar-refractivity contribution in [3.8, 4) is 0 Å². The molecule has 0 fully saturated rings. The van der Waals surface area contributed by atoms with Crippen LogP contribution >= 0.6 is 0 Å². The van der Waals surface area contributed by atoms with Crippen LogP contribution in [0.3, 0.4) is 0 Å². The third-order valence-corrected chi connectivity index (χ3v) is 9.96. The average Bonchev–Trinajstić information content (AvgIpc) is 3.12. The predicted molar refractivity (Wildman–Crippen MR) is 213 cm³/mol. The van der Waals surface area contributed by atoms with Gasteiger partial charge in [0.25, 0.3) is 0 Å². The molecule has 13 nitrogen and oxygen atoms in total. The molecule has 0 unspecified atom stereocenters. The molecule has 0 saturated heterocycles. The second kappa shape index (κ2) is 41.7. The van der Waals surface area contributed by atoms with Gasteiger partial charge >= 0.3 is 39.9 Å². The van der Waals surface area contributed by atoms with Crippen molar-refractivity contribution < 1.29 is 79.2 Å². The standard InChI is InChI=1S/C42H81N5O8.Gd/c1-3-5-7-9-11-13-15-17-19-21-23-25-27-43-38(48)33-46(36-41(52)53)31-29-45(35-40(50)51)30-32-47(37-42(54)55)34-39(49)44-28-26-24-22-20-18-16-14-12-10-8-6-4-2;/h3-37H2,1-2H3,(H,43,48)(H,44,49)(H,50,51)(H,52,53)(H,54,55);/q;+3/p-3. The molecule has 2 N–H and O–H groups in total. The summed E-state index contributed by atoms with van der Waals surface area (Å²) in [6.07, 6.45) is 29.0. The number of hydrogen-bond acceptors (Lipinski definition) is 11. The van der Waals surface area contributed by atoms with Gasteiger partial charge in [-0.1, -0.05) is 155 Å². The molecule has 0 aliphatic carbocycles. The van der Waals surface area contributed by atoms with Gasteiger partial charge in [0.05, 0.1) is 31.0 Å². The number of carboxylic acids is 3. The molecule has 56 heavy (non-hydrogen) atoms. The number of nitrogens with one attached hydrogen (secondary N) is 2. The summed E-state index contributed by atoms with van der Waals surface area (Å²) in [5.41, 5.74) is 0. The van der Waals surface area contributed by atoms with Crippen LogP contribution in [-0.4, -0.2) is 116 Å². The maximum Gasteiger partial charge on any atom is 3.00 e. The average molecular weight is 938 g/mol. The third-order valence-electron chi connectivity index (χ3n) is 9.96. The summed E-state index contributed by atoms with van der Waals surface area (Å²) in [4.78, 5) is 63.8. The Bertz CT molecular complexity index is 925. The van der Waals surface area contributed by atoms with Crippen molar-refractivity contribution in [2.75, 3.05) is 72.0 Å². The van der Waals surface area contributed by atoms with Gasteiger partial charge in [0.2, 0.25) is 11.8 Å². The first-order valence-corrected chi connectivity index (χ1v) is 21.9. The summed E-state index contributed by atoms with van der Waals surface area (Å²) in [6, 6.07) is 0. The molecule has 0 rings (SSSR count). The minimum Gasteiger partial charge on any atom is -0.549 e. The molecule has 14 heteroatoms. The Hall–Kier alpha value is -1.45. The zero-order valence-electron chi connectivity index (χ0n) is 35.2. The molecule has 0 aliphatic rings. The van der Waals surface area contributed by atoms with Gasteiger partial charge in [0, 0.05) is 58.9 Å². The smallest absolute Gasteiger partial charge is 0.549 e. The fourth-order valence-corrected chi connectivity index (χ4v) is 6.72. The molecule has 0 aromatic carbocycles. The van der Waals surface area contributed by atoms with Crippen molar-refractivity contribution in [2.45, 2.75) is 168 Å². The van der Waals surface area contributed by atoms with Crippen LogP contribution in [-0.2, 0) is 24.0 Å². The Labute approximate surface area is 371 Å². The van der Waals surface area contributed by atoms with E-state index in [4.69, 9.17) is 0 Å². The molecule has 327 valence electrons. The number of unbranched alkanes of at least 4 members (excludes halogenated alkanes) is 22. The van der Waals surface area contributed by atoms with Gasteiger partial charge in [-0.3, -0.25) is 24.3 Å². The zero-order valence-corrected chi connectivity index (χ0v) is 37.5.